The van der Waals surface area contributed by atoms with Crippen molar-refractivity contribution in [1.82, 2.24) is 4.31 Å². The number of nitrogen functional groups attached to an aromatic ring is 1. The molecule has 100 valence electrons. The van der Waals surface area contributed by atoms with Crippen molar-refractivity contribution in [3.63, 3.8) is 0 Å². The molecule has 4 nitrogen and oxygen atoms in total. The highest BCUT2D eigenvalue weighted by Crippen LogP contribution is 2.29. The average molecular weight is 290 g/mol. The molecule has 1 atom stereocenters. The third-order valence-corrected chi connectivity index (χ3v) is 6.17. The maximum atomic E-state index is 13.7. The Kier molecular flexibility index (Phi) is 3.84. The first-order valence-electron chi connectivity index (χ1n) is 5.58. The Bertz CT molecular complexity index is 528. The average Bonchev–Trinajstić information content (AvgIpc) is 2.28. The predicted octanol–water partition coefficient (Wildman–Crippen LogP) is 1.53. The van der Waals surface area contributed by atoms with Crippen LogP contribution in [0.15, 0.2) is 23.1 Å². The van der Waals surface area contributed by atoms with Gasteiger partial charge >= 0.3 is 0 Å². The van der Waals surface area contributed by atoms with Crippen LogP contribution >= 0.6 is 11.8 Å². The van der Waals surface area contributed by atoms with E-state index < -0.39 is 20.7 Å². The maximum absolute atomic E-state index is 13.7. The SMILES string of the molecule is CC1CSCCN1S(=O)(=O)c1c(N)cccc1F. The van der Waals surface area contributed by atoms with Crippen LogP contribution in [0.1, 0.15) is 6.92 Å². The fourth-order valence-corrected chi connectivity index (χ4v) is 5.00. The van der Waals surface area contributed by atoms with E-state index in [0.29, 0.717) is 12.3 Å². The molecule has 1 aliphatic rings. The van der Waals surface area contributed by atoms with Crippen molar-refractivity contribution in [3.8, 4) is 0 Å². The van der Waals surface area contributed by atoms with E-state index in [2.05, 4.69) is 0 Å². The summed E-state index contributed by atoms with van der Waals surface area (Å²) in [6.07, 6.45) is 0. The molecular weight excluding hydrogens is 275 g/mol. The number of benzene rings is 1. The summed E-state index contributed by atoms with van der Waals surface area (Å²) >= 11 is 1.70. The van der Waals surface area contributed by atoms with Gasteiger partial charge in [0.25, 0.3) is 0 Å². The zero-order valence-electron chi connectivity index (χ0n) is 9.97. The van der Waals surface area contributed by atoms with Crippen LogP contribution < -0.4 is 5.73 Å². The van der Waals surface area contributed by atoms with E-state index in [4.69, 9.17) is 5.73 Å². The molecule has 1 fully saturated rings. The summed E-state index contributed by atoms with van der Waals surface area (Å²) in [6.45, 7) is 2.21. The molecule has 2 N–H and O–H groups in total. The van der Waals surface area contributed by atoms with Gasteiger partial charge in [-0.2, -0.15) is 16.1 Å². The molecule has 0 amide bonds. The van der Waals surface area contributed by atoms with Crippen molar-refractivity contribution in [2.45, 2.75) is 17.9 Å². The van der Waals surface area contributed by atoms with Gasteiger partial charge in [-0.25, -0.2) is 12.8 Å². The van der Waals surface area contributed by atoms with E-state index in [-0.39, 0.29) is 11.7 Å². The summed E-state index contributed by atoms with van der Waals surface area (Å²) in [5, 5.41) is 0. The molecule has 1 aromatic rings. The number of sulfonamides is 1. The quantitative estimate of drug-likeness (QED) is 0.839. The molecule has 0 saturated carbocycles. The minimum atomic E-state index is -3.85. The largest absolute Gasteiger partial charge is 0.398 e. The third-order valence-electron chi connectivity index (χ3n) is 2.87. The fraction of sp³-hybridized carbons (Fsp3) is 0.455. The number of nitrogens with zero attached hydrogens (tertiary/aromatic N) is 1. The Hall–Kier alpha value is -0.790. The zero-order chi connectivity index (χ0) is 13.3. The minimum absolute atomic E-state index is 0.0413. The zero-order valence-corrected chi connectivity index (χ0v) is 11.6. The highest BCUT2D eigenvalue weighted by molar-refractivity contribution is 7.99. The summed E-state index contributed by atoms with van der Waals surface area (Å²) in [4.78, 5) is -0.399. The van der Waals surface area contributed by atoms with Crippen LogP contribution in [0, 0.1) is 5.82 Å². The van der Waals surface area contributed by atoms with Crippen LogP contribution in [0.2, 0.25) is 0 Å². The normalized spacial score (nSPS) is 22.0. The van der Waals surface area contributed by atoms with E-state index in [1.54, 1.807) is 11.8 Å². The lowest BCUT2D eigenvalue weighted by Gasteiger charge is -2.32. The second kappa shape index (κ2) is 5.07. The molecule has 7 heteroatoms. The van der Waals surface area contributed by atoms with Gasteiger partial charge in [0.2, 0.25) is 10.0 Å². The highest BCUT2D eigenvalue weighted by atomic mass is 32.2. The fourth-order valence-electron chi connectivity index (χ4n) is 1.98. The Balaban J connectivity index is 2.48. The summed E-state index contributed by atoms with van der Waals surface area (Å²) in [5.74, 6) is 0.645. The molecule has 0 bridgehead atoms. The molecule has 0 aromatic heterocycles. The first-order chi connectivity index (χ1) is 8.44. The Labute approximate surface area is 110 Å². The van der Waals surface area contributed by atoms with Crippen LogP contribution in [0.5, 0.6) is 0 Å². The molecule has 1 aromatic carbocycles. The lowest BCUT2D eigenvalue weighted by molar-refractivity contribution is 0.365. The van der Waals surface area contributed by atoms with Gasteiger partial charge in [0.1, 0.15) is 10.7 Å². The van der Waals surface area contributed by atoms with E-state index in [1.807, 2.05) is 6.92 Å². The first kappa shape index (κ1) is 13.6. The van der Waals surface area contributed by atoms with Crippen molar-refractivity contribution in [3.05, 3.63) is 24.0 Å². The van der Waals surface area contributed by atoms with Crippen LogP contribution in [-0.2, 0) is 10.0 Å². The van der Waals surface area contributed by atoms with E-state index in [0.717, 1.165) is 11.8 Å². The van der Waals surface area contributed by atoms with Gasteiger partial charge < -0.3 is 5.73 Å². The minimum Gasteiger partial charge on any atom is -0.398 e. The second-order valence-corrected chi connectivity index (χ2v) is 7.18. The second-order valence-electron chi connectivity index (χ2n) is 4.20. The van der Waals surface area contributed by atoms with Gasteiger partial charge in [0.05, 0.1) is 5.69 Å². The lowest BCUT2D eigenvalue weighted by Crippen LogP contribution is -2.44. The monoisotopic (exact) mass is 290 g/mol. The van der Waals surface area contributed by atoms with Gasteiger partial charge in [0.15, 0.2) is 0 Å². The molecule has 0 aliphatic carbocycles. The molecule has 1 aliphatic heterocycles. The first-order valence-corrected chi connectivity index (χ1v) is 8.17. The van der Waals surface area contributed by atoms with Crippen molar-refractivity contribution in [2.24, 2.45) is 0 Å². The van der Waals surface area contributed by atoms with Crippen molar-refractivity contribution >= 4 is 27.5 Å². The topological polar surface area (TPSA) is 63.4 Å². The number of hydrogen-bond acceptors (Lipinski definition) is 4. The maximum Gasteiger partial charge on any atom is 0.248 e. The number of anilines is 1. The van der Waals surface area contributed by atoms with Crippen LogP contribution in [0.3, 0.4) is 0 Å². The molecule has 0 radical (unpaired) electrons. The molecule has 2 rings (SSSR count). The van der Waals surface area contributed by atoms with E-state index in [1.165, 1.54) is 16.4 Å². The van der Waals surface area contributed by atoms with Crippen molar-refractivity contribution < 1.29 is 12.8 Å². The third kappa shape index (κ3) is 2.34. The predicted molar refractivity (Wildman–Crippen MR) is 71.5 cm³/mol. The van der Waals surface area contributed by atoms with Crippen LogP contribution in [-0.4, -0.2) is 36.8 Å². The van der Waals surface area contributed by atoms with Gasteiger partial charge in [-0.3, -0.25) is 0 Å². The lowest BCUT2D eigenvalue weighted by atomic mass is 10.3. The van der Waals surface area contributed by atoms with Gasteiger partial charge in [-0.05, 0) is 19.1 Å². The Morgan fingerprint density at radius 3 is 2.83 bits per heavy atom. The Morgan fingerprint density at radius 2 is 2.22 bits per heavy atom. The van der Waals surface area contributed by atoms with E-state index in [9.17, 15) is 12.8 Å². The highest BCUT2D eigenvalue weighted by Gasteiger charge is 2.34. The van der Waals surface area contributed by atoms with Gasteiger partial charge in [0, 0.05) is 24.1 Å². The van der Waals surface area contributed by atoms with Crippen molar-refractivity contribution in [2.75, 3.05) is 23.8 Å². The van der Waals surface area contributed by atoms with Crippen LogP contribution in [0.4, 0.5) is 10.1 Å². The number of nitrogens with two attached hydrogens (primary N) is 1. The summed E-state index contributed by atoms with van der Waals surface area (Å²) in [5.41, 5.74) is 5.57. The summed E-state index contributed by atoms with van der Waals surface area (Å²) in [6, 6.07) is 3.78. The van der Waals surface area contributed by atoms with Crippen LogP contribution in [0.25, 0.3) is 0 Å². The number of halogens is 1. The standard InChI is InChI=1S/C11H15FN2O2S2/c1-8-7-17-6-5-14(8)18(15,16)11-9(12)3-2-4-10(11)13/h2-4,8H,5-7,13H2,1H3. The molecular formula is C11H15FN2O2S2. The Morgan fingerprint density at radius 1 is 1.50 bits per heavy atom. The smallest absolute Gasteiger partial charge is 0.248 e. The molecule has 1 unspecified atom stereocenters. The molecule has 1 heterocycles. The van der Waals surface area contributed by atoms with Gasteiger partial charge in [-0.1, -0.05) is 6.07 Å². The summed E-state index contributed by atoms with van der Waals surface area (Å²) in [7, 11) is -3.85. The number of hydrogen-bond donors (Lipinski definition) is 1. The summed E-state index contributed by atoms with van der Waals surface area (Å²) < 4.78 is 39.9. The number of rotatable bonds is 2. The van der Waals surface area contributed by atoms with Gasteiger partial charge in [-0.15, -0.1) is 0 Å². The van der Waals surface area contributed by atoms with E-state index >= 15 is 0 Å². The molecule has 1 saturated heterocycles. The number of thioether (sulfide) groups is 1. The molecule has 0 spiro atoms. The van der Waals surface area contributed by atoms with Crippen molar-refractivity contribution in [1.29, 1.82) is 0 Å². The molecule has 18 heavy (non-hydrogen) atoms.